The highest BCUT2D eigenvalue weighted by atomic mass is 16.5. The molecule has 2 aromatic heterocycles. The summed E-state index contributed by atoms with van der Waals surface area (Å²) < 4.78 is 6.08. The fourth-order valence-electron chi connectivity index (χ4n) is 4.05. The Bertz CT molecular complexity index is 1040. The first-order valence-corrected chi connectivity index (χ1v) is 10.3. The Kier molecular flexibility index (Phi) is 6.21. The van der Waals surface area contributed by atoms with E-state index in [1.165, 1.54) is 25.5 Å². The van der Waals surface area contributed by atoms with Crippen LogP contribution in [-0.4, -0.2) is 70.5 Å². The second-order valence-corrected chi connectivity index (χ2v) is 7.69. The number of nitrogens with one attached hydrogen (secondary N) is 2. The summed E-state index contributed by atoms with van der Waals surface area (Å²) in [5, 5.41) is 17.4. The maximum atomic E-state index is 12.1. The SMILES string of the molecule is N#Cc1nnc(-c2c[nH]c(=O)[nH]c2=O)cc1N1CCC(OCCN2CCCCC2)C1. The number of ether oxygens (including phenoxy) is 1. The number of aromatic nitrogens is 4. The molecule has 0 bridgehead atoms. The van der Waals surface area contributed by atoms with E-state index >= 15 is 0 Å². The molecule has 0 radical (unpaired) electrons. The average molecular weight is 411 g/mol. The topological polar surface area (TPSA) is 131 Å². The molecule has 2 aromatic rings. The van der Waals surface area contributed by atoms with Crippen molar-refractivity contribution in [3.05, 3.63) is 38.8 Å². The summed E-state index contributed by atoms with van der Waals surface area (Å²) in [4.78, 5) is 32.4. The monoisotopic (exact) mass is 411 g/mol. The highest BCUT2D eigenvalue weighted by molar-refractivity contribution is 5.66. The first kappa shape index (κ1) is 20.3. The highest BCUT2D eigenvalue weighted by Gasteiger charge is 2.26. The van der Waals surface area contributed by atoms with Gasteiger partial charge in [0, 0.05) is 25.8 Å². The average Bonchev–Trinajstić information content (AvgIpc) is 3.23. The van der Waals surface area contributed by atoms with E-state index in [0.717, 1.165) is 32.6 Å². The molecule has 4 heterocycles. The second kappa shape index (κ2) is 9.19. The molecular weight excluding hydrogens is 386 g/mol. The van der Waals surface area contributed by atoms with Crippen molar-refractivity contribution >= 4 is 5.69 Å². The minimum Gasteiger partial charge on any atom is -0.375 e. The van der Waals surface area contributed by atoms with Gasteiger partial charge in [-0.1, -0.05) is 6.42 Å². The van der Waals surface area contributed by atoms with E-state index in [1.54, 1.807) is 6.07 Å². The highest BCUT2D eigenvalue weighted by Crippen LogP contribution is 2.27. The van der Waals surface area contributed by atoms with Crippen molar-refractivity contribution < 1.29 is 4.74 Å². The van der Waals surface area contributed by atoms with Crippen LogP contribution in [0.3, 0.4) is 0 Å². The smallest absolute Gasteiger partial charge is 0.325 e. The number of anilines is 1. The minimum atomic E-state index is -0.588. The molecule has 0 amide bonds. The van der Waals surface area contributed by atoms with Crippen LogP contribution < -0.4 is 16.1 Å². The molecule has 2 aliphatic heterocycles. The van der Waals surface area contributed by atoms with Crippen LogP contribution in [0, 0.1) is 11.3 Å². The van der Waals surface area contributed by atoms with Crippen LogP contribution in [0.1, 0.15) is 31.4 Å². The molecule has 30 heavy (non-hydrogen) atoms. The van der Waals surface area contributed by atoms with Crippen LogP contribution in [0.2, 0.25) is 0 Å². The molecular formula is C20H25N7O3. The minimum absolute atomic E-state index is 0.0921. The molecule has 0 aliphatic carbocycles. The number of hydrogen-bond acceptors (Lipinski definition) is 8. The number of likely N-dealkylation sites (tertiary alicyclic amines) is 1. The standard InChI is InChI=1S/C20H25N7O3/c21-11-17-18(10-16(24-25-17)15-12-22-20(29)23-19(15)28)27-7-4-14(13-27)30-9-8-26-5-2-1-3-6-26/h10,12,14H,1-9,13H2,(H2,22,23,28,29). The summed E-state index contributed by atoms with van der Waals surface area (Å²) >= 11 is 0. The summed E-state index contributed by atoms with van der Waals surface area (Å²) in [6.45, 7) is 5.35. The van der Waals surface area contributed by atoms with Crippen molar-refractivity contribution in [1.82, 2.24) is 25.1 Å². The summed E-state index contributed by atoms with van der Waals surface area (Å²) in [5.41, 5.74) is 0.180. The Labute approximate surface area is 173 Å². The maximum Gasteiger partial charge on any atom is 0.325 e. The zero-order chi connectivity index (χ0) is 20.9. The Morgan fingerprint density at radius 3 is 2.80 bits per heavy atom. The van der Waals surface area contributed by atoms with Gasteiger partial charge in [-0.25, -0.2) is 4.79 Å². The number of nitrogens with zero attached hydrogens (tertiary/aromatic N) is 5. The lowest BCUT2D eigenvalue weighted by atomic mass is 10.1. The van der Waals surface area contributed by atoms with E-state index in [1.807, 2.05) is 4.90 Å². The Morgan fingerprint density at radius 1 is 1.20 bits per heavy atom. The van der Waals surface area contributed by atoms with Gasteiger partial charge in [-0.2, -0.15) is 5.26 Å². The zero-order valence-corrected chi connectivity index (χ0v) is 16.8. The fourth-order valence-corrected chi connectivity index (χ4v) is 4.05. The van der Waals surface area contributed by atoms with Crippen molar-refractivity contribution in [3.63, 3.8) is 0 Å². The number of H-pyrrole nitrogens is 2. The second-order valence-electron chi connectivity index (χ2n) is 7.69. The fraction of sp³-hybridized carbons (Fsp3) is 0.550. The largest absolute Gasteiger partial charge is 0.375 e. The first-order valence-electron chi connectivity index (χ1n) is 10.3. The first-order chi connectivity index (χ1) is 14.6. The molecule has 1 atom stereocenters. The molecule has 0 saturated carbocycles. The normalized spacial score (nSPS) is 19.7. The van der Waals surface area contributed by atoms with Gasteiger partial charge in [0.15, 0.2) is 5.69 Å². The van der Waals surface area contributed by atoms with E-state index in [-0.39, 0.29) is 17.4 Å². The quantitative estimate of drug-likeness (QED) is 0.701. The van der Waals surface area contributed by atoms with E-state index in [0.29, 0.717) is 24.5 Å². The Hall–Kier alpha value is -3.03. The van der Waals surface area contributed by atoms with Crippen molar-refractivity contribution in [2.24, 2.45) is 0 Å². The van der Waals surface area contributed by atoms with Crippen LogP contribution in [0.15, 0.2) is 21.9 Å². The number of hydrogen-bond donors (Lipinski definition) is 2. The molecule has 10 heteroatoms. The summed E-state index contributed by atoms with van der Waals surface area (Å²) in [7, 11) is 0. The number of aromatic amines is 2. The van der Waals surface area contributed by atoms with Crippen molar-refractivity contribution in [2.75, 3.05) is 44.2 Å². The van der Waals surface area contributed by atoms with Gasteiger partial charge in [-0.15, -0.1) is 10.2 Å². The lowest BCUT2D eigenvalue weighted by Gasteiger charge is -2.26. The third-order valence-corrected chi connectivity index (χ3v) is 5.67. The molecule has 2 saturated heterocycles. The zero-order valence-electron chi connectivity index (χ0n) is 16.8. The third-order valence-electron chi connectivity index (χ3n) is 5.67. The van der Waals surface area contributed by atoms with Gasteiger partial charge in [0.2, 0.25) is 0 Å². The van der Waals surface area contributed by atoms with Crippen LogP contribution in [0.5, 0.6) is 0 Å². The van der Waals surface area contributed by atoms with Crippen LogP contribution >= 0.6 is 0 Å². The molecule has 2 aliphatic rings. The summed E-state index contributed by atoms with van der Waals surface area (Å²) in [6, 6.07) is 3.74. The lowest BCUT2D eigenvalue weighted by molar-refractivity contribution is 0.0467. The van der Waals surface area contributed by atoms with Gasteiger partial charge in [0.25, 0.3) is 5.56 Å². The molecule has 1 unspecified atom stereocenters. The maximum absolute atomic E-state index is 12.1. The van der Waals surface area contributed by atoms with Crippen molar-refractivity contribution in [1.29, 1.82) is 5.26 Å². The molecule has 4 rings (SSSR count). The van der Waals surface area contributed by atoms with Gasteiger partial charge in [-0.05, 0) is 38.4 Å². The van der Waals surface area contributed by atoms with E-state index in [4.69, 9.17) is 4.74 Å². The van der Waals surface area contributed by atoms with Crippen LogP contribution in [0.25, 0.3) is 11.3 Å². The lowest BCUT2D eigenvalue weighted by Crippen LogP contribution is -2.34. The number of piperidine rings is 1. The third kappa shape index (κ3) is 4.58. The molecule has 10 nitrogen and oxygen atoms in total. The molecule has 2 fully saturated rings. The molecule has 0 aromatic carbocycles. The van der Waals surface area contributed by atoms with Gasteiger partial charge >= 0.3 is 5.69 Å². The summed E-state index contributed by atoms with van der Waals surface area (Å²) in [5.74, 6) is 0. The van der Waals surface area contributed by atoms with Gasteiger partial charge in [-0.3, -0.25) is 9.78 Å². The number of nitriles is 1. The van der Waals surface area contributed by atoms with E-state index in [9.17, 15) is 14.9 Å². The Balaban J connectivity index is 1.43. The van der Waals surface area contributed by atoms with Crippen molar-refractivity contribution in [2.45, 2.75) is 31.8 Å². The molecule has 2 N–H and O–H groups in total. The van der Waals surface area contributed by atoms with Gasteiger partial charge in [0.1, 0.15) is 11.8 Å². The van der Waals surface area contributed by atoms with E-state index < -0.39 is 11.2 Å². The van der Waals surface area contributed by atoms with Gasteiger partial charge in [0.05, 0.1) is 24.0 Å². The predicted octanol–water partition coefficient (Wildman–Crippen LogP) is 0.473. The molecule has 158 valence electrons. The van der Waals surface area contributed by atoms with Crippen LogP contribution in [0.4, 0.5) is 5.69 Å². The van der Waals surface area contributed by atoms with Crippen LogP contribution in [-0.2, 0) is 4.74 Å². The molecule has 0 spiro atoms. The number of rotatable bonds is 6. The van der Waals surface area contributed by atoms with Gasteiger partial charge < -0.3 is 19.5 Å². The Morgan fingerprint density at radius 2 is 2.03 bits per heavy atom. The predicted molar refractivity (Wildman–Crippen MR) is 110 cm³/mol. The van der Waals surface area contributed by atoms with E-state index in [2.05, 4.69) is 31.1 Å². The van der Waals surface area contributed by atoms with Crippen molar-refractivity contribution in [3.8, 4) is 17.3 Å². The summed E-state index contributed by atoms with van der Waals surface area (Å²) in [6.07, 6.45) is 6.12.